The van der Waals surface area contributed by atoms with Crippen molar-refractivity contribution in [3.63, 3.8) is 0 Å². The highest BCUT2D eigenvalue weighted by Gasteiger charge is 2.30. The molecule has 2 heterocycles. The molecule has 0 atom stereocenters. The van der Waals surface area contributed by atoms with Gasteiger partial charge in [0.2, 0.25) is 10.0 Å². The second-order valence-corrected chi connectivity index (χ2v) is 6.85. The molecule has 0 spiro atoms. The van der Waals surface area contributed by atoms with Gasteiger partial charge in [0.25, 0.3) is 0 Å². The van der Waals surface area contributed by atoms with Crippen LogP contribution in [0.5, 0.6) is 0 Å². The van der Waals surface area contributed by atoms with E-state index in [-0.39, 0.29) is 28.1 Å². The summed E-state index contributed by atoms with van der Waals surface area (Å²) >= 11 is 5.80. The van der Waals surface area contributed by atoms with Gasteiger partial charge in [0.15, 0.2) is 0 Å². The standard InChI is InChI=1S/C11H17ClN4O2S.ClH/c1-14-9-2-4-16(5-3-9)19(17,18)10-6-8(12)7-15-11(10)13;/h6-7,9,14H,2-5H2,1H3,(H2,13,15);1H. The van der Waals surface area contributed by atoms with Gasteiger partial charge in [-0.15, -0.1) is 12.4 Å². The number of halogens is 2. The van der Waals surface area contributed by atoms with Crippen molar-refractivity contribution in [1.82, 2.24) is 14.6 Å². The van der Waals surface area contributed by atoms with Gasteiger partial charge in [-0.25, -0.2) is 13.4 Å². The third kappa shape index (κ3) is 3.53. The quantitative estimate of drug-likeness (QED) is 0.860. The summed E-state index contributed by atoms with van der Waals surface area (Å²) in [5, 5.41) is 3.42. The van der Waals surface area contributed by atoms with Crippen LogP contribution < -0.4 is 11.1 Å². The molecule has 2 rings (SSSR count). The van der Waals surface area contributed by atoms with Crippen molar-refractivity contribution in [3.05, 3.63) is 17.3 Å². The summed E-state index contributed by atoms with van der Waals surface area (Å²) in [6.45, 7) is 0.944. The van der Waals surface area contributed by atoms with Gasteiger partial charge in [-0.3, -0.25) is 0 Å². The van der Waals surface area contributed by atoms with Gasteiger partial charge in [-0.05, 0) is 26.0 Å². The summed E-state index contributed by atoms with van der Waals surface area (Å²) in [6, 6.07) is 1.71. The van der Waals surface area contributed by atoms with Crippen LogP contribution in [0.15, 0.2) is 17.2 Å². The van der Waals surface area contributed by atoms with E-state index in [9.17, 15) is 8.42 Å². The zero-order chi connectivity index (χ0) is 14.0. The number of pyridine rings is 1. The monoisotopic (exact) mass is 340 g/mol. The number of anilines is 1. The number of piperidine rings is 1. The lowest BCUT2D eigenvalue weighted by atomic mass is 10.1. The first kappa shape index (κ1) is 17.5. The number of hydrogen-bond acceptors (Lipinski definition) is 5. The third-order valence-electron chi connectivity index (χ3n) is 3.33. The fourth-order valence-electron chi connectivity index (χ4n) is 2.16. The minimum absolute atomic E-state index is 0. The van der Waals surface area contributed by atoms with Gasteiger partial charge in [-0.2, -0.15) is 4.31 Å². The van der Waals surface area contributed by atoms with E-state index in [1.54, 1.807) is 0 Å². The average Bonchev–Trinajstić information content (AvgIpc) is 2.41. The Kier molecular flexibility index (Phi) is 6.03. The maximum Gasteiger partial charge on any atom is 0.246 e. The van der Waals surface area contributed by atoms with Crippen molar-refractivity contribution in [2.24, 2.45) is 0 Å². The maximum atomic E-state index is 12.5. The van der Waals surface area contributed by atoms with Gasteiger partial charge in [0.05, 0.1) is 5.02 Å². The first-order valence-electron chi connectivity index (χ1n) is 6.03. The molecule has 9 heteroatoms. The van der Waals surface area contributed by atoms with Crippen molar-refractivity contribution < 1.29 is 8.42 Å². The fraction of sp³-hybridized carbons (Fsp3) is 0.545. The molecule has 1 aromatic rings. The highest BCUT2D eigenvalue weighted by atomic mass is 35.5. The van der Waals surface area contributed by atoms with Crippen molar-refractivity contribution in [3.8, 4) is 0 Å². The number of rotatable bonds is 3. The van der Waals surface area contributed by atoms with Gasteiger partial charge in [0, 0.05) is 25.3 Å². The molecule has 1 aromatic heterocycles. The number of sulfonamides is 1. The largest absolute Gasteiger partial charge is 0.383 e. The summed E-state index contributed by atoms with van der Waals surface area (Å²) in [4.78, 5) is 3.79. The summed E-state index contributed by atoms with van der Waals surface area (Å²) < 4.78 is 26.4. The Hall–Kier alpha value is -0.600. The zero-order valence-corrected chi connectivity index (χ0v) is 13.4. The van der Waals surface area contributed by atoms with Crippen LogP contribution in [0.3, 0.4) is 0 Å². The van der Waals surface area contributed by atoms with Crippen LogP contribution >= 0.6 is 24.0 Å². The topological polar surface area (TPSA) is 88.3 Å². The van der Waals surface area contributed by atoms with Gasteiger partial charge < -0.3 is 11.1 Å². The van der Waals surface area contributed by atoms with Crippen LogP contribution in [0.25, 0.3) is 0 Å². The SMILES string of the molecule is CNC1CCN(S(=O)(=O)c2cc(Cl)cnc2N)CC1.Cl. The van der Waals surface area contributed by atoms with Crippen LogP contribution in [-0.4, -0.2) is 43.9 Å². The third-order valence-corrected chi connectivity index (χ3v) is 5.46. The minimum atomic E-state index is -3.61. The number of aromatic nitrogens is 1. The van der Waals surface area contributed by atoms with E-state index in [1.807, 2.05) is 7.05 Å². The Bertz CT molecular complexity index is 560. The Labute approximate surface area is 130 Å². The molecule has 1 saturated heterocycles. The molecule has 0 saturated carbocycles. The molecule has 0 aromatic carbocycles. The number of nitrogens with zero attached hydrogens (tertiary/aromatic N) is 2. The van der Waals surface area contributed by atoms with E-state index in [0.29, 0.717) is 19.1 Å². The Morgan fingerprint density at radius 1 is 1.45 bits per heavy atom. The lowest BCUT2D eigenvalue weighted by Crippen LogP contribution is -2.44. The number of nitrogen functional groups attached to an aromatic ring is 1. The van der Waals surface area contributed by atoms with Crippen LogP contribution in [-0.2, 0) is 10.0 Å². The second kappa shape index (κ2) is 6.91. The summed E-state index contributed by atoms with van der Waals surface area (Å²) in [5.41, 5.74) is 5.65. The molecule has 0 unspecified atom stereocenters. The van der Waals surface area contributed by atoms with Crippen molar-refractivity contribution >= 4 is 39.8 Å². The molecule has 0 aliphatic carbocycles. The predicted molar refractivity (Wildman–Crippen MR) is 81.7 cm³/mol. The number of nitrogens with two attached hydrogens (primary N) is 1. The number of hydrogen-bond donors (Lipinski definition) is 2. The Morgan fingerprint density at radius 2 is 2.05 bits per heavy atom. The molecule has 3 N–H and O–H groups in total. The molecule has 0 bridgehead atoms. The Morgan fingerprint density at radius 3 is 2.60 bits per heavy atom. The first-order valence-corrected chi connectivity index (χ1v) is 7.85. The molecule has 114 valence electrons. The average molecular weight is 341 g/mol. The lowest BCUT2D eigenvalue weighted by Gasteiger charge is -2.31. The van der Waals surface area contributed by atoms with E-state index in [2.05, 4.69) is 10.3 Å². The van der Waals surface area contributed by atoms with E-state index < -0.39 is 10.0 Å². The van der Waals surface area contributed by atoms with E-state index in [0.717, 1.165) is 12.8 Å². The molecule has 20 heavy (non-hydrogen) atoms. The molecule has 1 aliphatic heterocycles. The van der Waals surface area contributed by atoms with Crippen LogP contribution in [0, 0.1) is 0 Å². The Balaban J connectivity index is 0.00000200. The van der Waals surface area contributed by atoms with Crippen LogP contribution in [0.4, 0.5) is 5.82 Å². The van der Waals surface area contributed by atoms with E-state index in [1.165, 1.54) is 16.6 Å². The summed E-state index contributed by atoms with van der Waals surface area (Å²) in [7, 11) is -1.73. The van der Waals surface area contributed by atoms with Crippen LogP contribution in [0.2, 0.25) is 5.02 Å². The second-order valence-electron chi connectivity index (χ2n) is 4.50. The maximum absolute atomic E-state index is 12.5. The normalized spacial score (nSPS) is 17.7. The van der Waals surface area contributed by atoms with Gasteiger partial charge in [-0.1, -0.05) is 11.6 Å². The fourth-order valence-corrected chi connectivity index (χ4v) is 3.95. The molecular weight excluding hydrogens is 323 g/mol. The highest BCUT2D eigenvalue weighted by Crippen LogP contribution is 2.26. The molecular formula is C11H18Cl2N4O2S. The minimum Gasteiger partial charge on any atom is -0.383 e. The van der Waals surface area contributed by atoms with E-state index in [4.69, 9.17) is 17.3 Å². The summed E-state index contributed by atoms with van der Waals surface area (Å²) in [6.07, 6.45) is 2.90. The van der Waals surface area contributed by atoms with E-state index >= 15 is 0 Å². The van der Waals surface area contributed by atoms with Crippen molar-refractivity contribution in [1.29, 1.82) is 0 Å². The number of nitrogens with one attached hydrogen (secondary N) is 1. The lowest BCUT2D eigenvalue weighted by molar-refractivity contribution is 0.298. The highest BCUT2D eigenvalue weighted by molar-refractivity contribution is 7.89. The molecule has 0 radical (unpaired) electrons. The molecule has 0 amide bonds. The van der Waals surface area contributed by atoms with Gasteiger partial charge in [0.1, 0.15) is 10.7 Å². The molecule has 1 fully saturated rings. The zero-order valence-electron chi connectivity index (χ0n) is 11.0. The van der Waals surface area contributed by atoms with Crippen LogP contribution in [0.1, 0.15) is 12.8 Å². The van der Waals surface area contributed by atoms with Crippen molar-refractivity contribution in [2.75, 3.05) is 25.9 Å². The smallest absolute Gasteiger partial charge is 0.246 e. The first-order chi connectivity index (χ1) is 8.95. The van der Waals surface area contributed by atoms with Crippen molar-refractivity contribution in [2.45, 2.75) is 23.8 Å². The molecule has 6 nitrogen and oxygen atoms in total. The predicted octanol–water partition coefficient (Wildman–Crippen LogP) is 1.11. The summed E-state index contributed by atoms with van der Waals surface area (Å²) in [5.74, 6) is -0.0138. The molecule has 1 aliphatic rings. The van der Waals surface area contributed by atoms with Gasteiger partial charge >= 0.3 is 0 Å².